The molecule has 0 aromatic heterocycles. The molecule has 0 atom stereocenters. The number of Topliss-reactive ketones (excluding diaryl/α,β-unsaturated/α-hetero) is 1. The summed E-state index contributed by atoms with van der Waals surface area (Å²) >= 11 is 1.53. The lowest BCUT2D eigenvalue weighted by atomic mass is 10.0. The number of anilines is 1. The minimum Gasteiger partial charge on any atom is -0.321 e. The third-order valence-corrected chi connectivity index (χ3v) is 4.56. The van der Waals surface area contributed by atoms with E-state index in [4.69, 9.17) is 5.26 Å². The van der Waals surface area contributed by atoms with E-state index in [-0.39, 0.29) is 11.7 Å². The third kappa shape index (κ3) is 4.46. The topological polar surface area (TPSA) is 70.0 Å². The highest BCUT2D eigenvalue weighted by atomic mass is 32.2. The fourth-order valence-electron chi connectivity index (χ4n) is 2.24. The van der Waals surface area contributed by atoms with E-state index >= 15 is 0 Å². The standard InChI is InChI=1S/C19H18N2O2S/c1-13-8-9-15(12-16(13)14(2)22)19(23)21-17-6-3-4-7-18(17)24-11-5-10-20/h3-4,6-9,12H,5,11H2,1-2H3,(H,21,23). The molecule has 1 N–H and O–H groups in total. The largest absolute Gasteiger partial charge is 0.321 e. The number of para-hydroxylation sites is 1. The van der Waals surface area contributed by atoms with Crippen LogP contribution in [0.15, 0.2) is 47.4 Å². The molecule has 0 bridgehead atoms. The highest BCUT2D eigenvalue weighted by Gasteiger charge is 2.12. The third-order valence-electron chi connectivity index (χ3n) is 3.49. The quantitative estimate of drug-likeness (QED) is 0.480. The monoisotopic (exact) mass is 338 g/mol. The minimum atomic E-state index is -0.258. The lowest BCUT2D eigenvalue weighted by Gasteiger charge is -2.11. The number of hydrogen-bond donors (Lipinski definition) is 1. The molecule has 0 fully saturated rings. The van der Waals surface area contributed by atoms with Crippen molar-refractivity contribution >= 4 is 29.1 Å². The van der Waals surface area contributed by atoms with Crippen LogP contribution in [0.2, 0.25) is 0 Å². The average Bonchev–Trinajstić information content (AvgIpc) is 2.56. The molecular weight excluding hydrogens is 320 g/mol. The number of nitrogens with one attached hydrogen (secondary N) is 1. The van der Waals surface area contributed by atoms with E-state index in [9.17, 15) is 9.59 Å². The molecule has 4 nitrogen and oxygen atoms in total. The van der Waals surface area contributed by atoms with Crippen LogP contribution in [0.5, 0.6) is 0 Å². The molecule has 0 saturated heterocycles. The molecule has 24 heavy (non-hydrogen) atoms. The van der Waals surface area contributed by atoms with Crippen molar-refractivity contribution in [3.8, 4) is 6.07 Å². The Morgan fingerprint density at radius 1 is 1.21 bits per heavy atom. The predicted octanol–water partition coefficient (Wildman–Crippen LogP) is 4.46. The zero-order valence-corrected chi connectivity index (χ0v) is 14.4. The van der Waals surface area contributed by atoms with Crippen molar-refractivity contribution < 1.29 is 9.59 Å². The van der Waals surface area contributed by atoms with Gasteiger partial charge in [0.15, 0.2) is 5.78 Å². The molecule has 1 amide bonds. The normalized spacial score (nSPS) is 10.0. The van der Waals surface area contributed by atoms with Crippen LogP contribution in [0.3, 0.4) is 0 Å². The van der Waals surface area contributed by atoms with Crippen molar-refractivity contribution in [1.29, 1.82) is 5.26 Å². The summed E-state index contributed by atoms with van der Waals surface area (Å²) in [7, 11) is 0. The maximum absolute atomic E-state index is 12.5. The summed E-state index contributed by atoms with van der Waals surface area (Å²) in [6.45, 7) is 3.34. The molecule has 0 unspecified atom stereocenters. The molecule has 0 heterocycles. The summed E-state index contributed by atoms with van der Waals surface area (Å²) in [6, 6.07) is 14.7. The van der Waals surface area contributed by atoms with Crippen molar-refractivity contribution in [2.45, 2.75) is 25.2 Å². The Balaban J connectivity index is 2.20. The molecule has 0 aliphatic carbocycles. The molecule has 0 aliphatic heterocycles. The van der Waals surface area contributed by atoms with Crippen LogP contribution in [0.25, 0.3) is 0 Å². The first kappa shape index (κ1) is 17.8. The summed E-state index contributed by atoms with van der Waals surface area (Å²) < 4.78 is 0. The van der Waals surface area contributed by atoms with Crippen LogP contribution < -0.4 is 5.32 Å². The molecule has 2 aromatic carbocycles. The van der Waals surface area contributed by atoms with Crippen LogP contribution >= 0.6 is 11.8 Å². The number of hydrogen-bond acceptors (Lipinski definition) is 4. The van der Waals surface area contributed by atoms with E-state index in [2.05, 4.69) is 11.4 Å². The van der Waals surface area contributed by atoms with Crippen LogP contribution in [0, 0.1) is 18.3 Å². The van der Waals surface area contributed by atoms with Gasteiger partial charge < -0.3 is 5.32 Å². The fourth-order valence-corrected chi connectivity index (χ4v) is 3.10. The van der Waals surface area contributed by atoms with Gasteiger partial charge in [-0.25, -0.2) is 0 Å². The van der Waals surface area contributed by atoms with E-state index in [0.717, 1.165) is 10.5 Å². The van der Waals surface area contributed by atoms with Gasteiger partial charge in [-0.2, -0.15) is 5.26 Å². The Bertz CT molecular complexity index is 809. The second-order valence-electron chi connectivity index (χ2n) is 5.29. The Kier molecular flexibility index (Phi) is 6.16. The maximum atomic E-state index is 12.5. The van der Waals surface area contributed by atoms with Crippen LogP contribution in [0.4, 0.5) is 5.69 Å². The number of ketones is 1. The van der Waals surface area contributed by atoms with E-state index in [1.807, 2.05) is 31.2 Å². The number of carbonyl (C=O) groups excluding carboxylic acids is 2. The number of rotatable bonds is 6. The van der Waals surface area contributed by atoms with Crippen molar-refractivity contribution in [2.75, 3.05) is 11.1 Å². The molecule has 2 aromatic rings. The van der Waals surface area contributed by atoms with Crippen LogP contribution in [0.1, 0.15) is 39.6 Å². The Morgan fingerprint density at radius 2 is 1.96 bits per heavy atom. The number of amides is 1. The second-order valence-corrected chi connectivity index (χ2v) is 6.43. The lowest BCUT2D eigenvalue weighted by Crippen LogP contribution is -2.13. The van der Waals surface area contributed by atoms with E-state index in [1.165, 1.54) is 18.7 Å². The first-order valence-electron chi connectivity index (χ1n) is 7.54. The Hall–Kier alpha value is -2.58. The van der Waals surface area contributed by atoms with Gasteiger partial charge >= 0.3 is 0 Å². The number of nitrogens with zero attached hydrogens (tertiary/aromatic N) is 1. The Morgan fingerprint density at radius 3 is 2.67 bits per heavy atom. The average molecular weight is 338 g/mol. The van der Waals surface area contributed by atoms with Gasteiger partial charge in [0.1, 0.15) is 0 Å². The molecule has 0 saturated carbocycles. The molecule has 0 aliphatic rings. The van der Waals surface area contributed by atoms with Gasteiger partial charge in [-0.15, -0.1) is 11.8 Å². The van der Waals surface area contributed by atoms with Gasteiger partial charge in [-0.1, -0.05) is 18.2 Å². The molecule has 0 radical (unpaired) electrons. The molecule has 5 heteroatoms. The number of carbonyl (C=O) groups is 2. The lowest BCUT2D eigenvalue weighted by molar-refractivity contribution is 0.101. The SMILES string of the molecule is CC(=O)c1cc(C(=O)Nc2ccccc2SCCC#N)ccc1C. The zero-order chi connectivity index (χ0) is 17.5. The van der Waals surface area contributed by atoms with E-state index < -0.39 is 0 Å². The first-order valence-corrected chi connectivity index (χ1v) is 8.53. The van der Waals surface area contributed by atoms with Gasteiger partial charge in [-0.05, 0) is 43.7 Å². The molecule has 0 spiro atoms. The summed E-state index contributed by atoms with van der Waals surface area (Å²) in [5.74, 6) is 0.350. The van der Waals surface area contributed by atoms with Crippen molar-refractivity contribution in [1.82, 2.24) is 0 Å². The summed E-state index contributed by atoms with van der Waals surface area (Å²) in [5, 5.41) is 11.5. The van der Waals surface area contributed by atoms with Gasteiger partial charge in [0.2, 0.25) is 0 Å². The first-order chi connectivity index (χ1) is 11.5. The van der Waals surface area contributed by atoms with E-state index in [0.29, 0.717) is 29.0 Å². The summed E-state index contributed by atoms with van der Waals surface area (Å²) in [5.41, 5.74) is 2.56. The molecule has 122 valence electrons. The molecule has 2 rings (SSSR count). The van der Waals surface area contributed by atoms with Gasteiger partial charge in [0.25, 0.3) is 5.91 Å². The van der Waals surface area contributed by atoms with Gasteiger partial charge in [0.05, 0.1) is 11.8 Å². The zero-order valence-electron chi connectivity index (χ0n) is 13.6. The predicted molar refractivity (Wildman–Crippen MR) is 96.5 cm³/mol. The summed E-state index contributed by atoms with van der Waals surface area (Å²) in [4.78, 5) is 25.1. The highest BCUT2D eigenvalue weighted by molar-refractivity contribution is 7.99. The van der Waals surface area contributed by atoms with E-state index in [1.54, 1.807) is 18.2 Å². The Labute approximate surface area is 145 Å². The minimum absolute atomic E-state index is 0.0605. The maximum Gasteiger partial charge on any atom is 0.255 e. The number of benzene rings is 2. The van der Waals surface area contributed by atoms with Gasteiger partial charge in [-0.3, -0.25) is 9.59 Å². The van der Waals surface area contributed by atoms with Gasteiger partial charge in [0, 0.05) is 28.2 Å². The molecular formula is C19H18N2O2S. The van der Waals surface area contributed by atoms with Crippen molar-refractivity contribution in [2.24, 2.45) is 0 Å². The highest BCUT2D eigenvalue weighted by Crippen LogP contribution is 2.28. The second kappa shape index (κ2) is 8.32. The van der Waals surface area contributed by atoms with Crippen molar-refractivity contribution in [3.63, 3.8) is 0 Å². The number of thioether (sulfide) groups is 1. The smallest absolute Gasteiger partial charge is 0.255 e. The number of nitriles is 1. The van der Waals surface area contributed by atoms with Crippen LogP contribution in [-0.2, 0) is 0 Å². The van der Waals surface area contributed by atoms with Crippen LogP contribution in [-0.4, -0.2) is 17.4 Å². The summed E-state index contributed by atoms with van der Waals surface area (Å²) in [6.07, 6.45) is 0.451. The fraction of sp³-hybridized carbons (Fsp3) is 0.211. The number of aryl methyl sites for hydroxylation is 1. The van der Waals surface area contributed by atoms with Crippen molar-refractivity contribution in [3.05, 3.63) is 59.2 Å².